The average Bonchev–Trinajstić information content (AvgIpc) is 1.86. The molecule has 0 saturated carbocycles. The monoisotopic (exact) mass is 143 g/mol. The molecule has 0 atom stereocenters. The molecular formula is C8H14FN. The fourth-order valence-corrected chi connectivity index (χ4v) is 2.26. The van der Waals surface area contributed by atoms with E-state index in [1.165, 1.54) is 12.8 Å². The van der Waals surface area contributed by atoms with E-state index in [9.17, 15) is 4.48 Å². The van der Waals surface area contributed by atoms with E-state index in [2.05, 4.69) is 0 Å². The molecule has 58 valence electrons. The molecule has 0 aliphatic carbocycles. The molecule has 0 spiro atoms. The van der Waals surface area contributed by atoms with Crippen molar-refractivity contribution in [2.24, 2.45) is 0 Å². The first-order valence-electron chi connectivity index (χ1n) is 4.32. The van der Waals surface area contributed by atoms with Gasteiger partial charge >= 0.3 is 0 Å². The van der Waals surface area contributed by atoms with Crippen LogP contribution >= 0.6 is 0 Å². The fraction of sp³-hybridized carbons (Fsp3) is 1.00. The van der Waals surface area contributed by atoms with Crippen LogP contribution in [0.25, 0.3) is 0 Å². The third-order valence-electron chi connectivity index (χ3n) is 2.85. The Balaban J connectivity index is 2.05. The summed E-state index contributed by atoms with van der Waals surface area (Å²) in [6.07, 6.45) is 6.85. The van der Waals surface area contributed by atoms with Gasteiger partial charge in [-0.1, -0.05) is 12.8 Å². The molecule has 0 aromatic rings. The molecule has 0 unspecified atom stereocenters. The molecular weight excluding hydrogens is 129 g/mol. The molecule has 0 aromatic heterocycles. The Labute approximate surface area is 61.1 Å². The Hall–Kier alpha value is -0.110. The Kier molecular flexibility index (Phi) is 1.65. The van der Waals surface area contributed by atoms with Crippen molar-refractivity contribution >= 4 is 0 Å². The highest BCUT2D eigenvalue weighted by molar-refractivity contribution is 4.84. The summed E-state index contributed by atoms with van der Waals surface area (Å²) >= 11 is 0. The Bertz CT molecular complexity index is 104. The van der Waals surface area contributed by atoms with E-state index in [1.807, 2.05) is 0 Å². The zero-order valence-corrected chi connectivity index (χ0v) is 6.22. The molecule has 2 bridgehead atoms. The van der Waals surface area contributed by atoms with E-state index in [0.29, 0.717) is 0 Å². The van der Waals surface area contributed by atoms with Gasteiger partial charge in [-0.2, -0.15) is 0 Å². The molecule has 0 N–H and O–H groups in total. The smallest absolute Gasteiger partial charge is 0.0405 e. The second kappa shape index (κ2) is 2.50. The van der Waals surface area contributed by atoms with Crippen LogP contribution in [-0.4, -0.2) is 17.2 Å². The minimum atomic E-state index is 0.285. The lowest BCUT2D eigenvalue weighted by Crippen LogP contribution is -2.44. The lowest BCUT2D eigenvalue weighted by molar-refractivity contribution is -0.112. The summed E-state index contributed by atoms with van der Waals surface area (Å²) in [6.45, 7) is 0. The molecule has 2 rings (SSSR count). The maximum atomic E-state index is 13.1. The third kappa shape index (κ3) is 0.947. The first-order chi connectivity index (χ1) is 4.88. The van der Waals surface area contributed by atoms with Gasteiger partial charge in [0.2, 0.25) is 0 Å². The maximum Gasteiger partial charge on any atom is 0.0405 e. The van der Waals surface area contributed by atoms with Gasteiger partial charge in [-0.3, -0.25) is 0 Å². The van der Waals surface area contributed by atoms with Crippen molar-refractivity contribution in [1.29, 1.82) is 0 Å². The first kappa shape index (κ1) is 6.59. The minimum Gasteiger partial charge on any atom is -0.140 e. The number of nitrogens with zero attached hydrogens (tertiary/aromatic N) is 1. The summed E-state index contributed by atoms with van der Waals surface area (Å²) in [5.74, 6) is 0. The van der Waals surface area contributed by atoms with Crippen molar-refractivity contribution < 1.29 is 4.48 Å². The third-order valence-corrected chi connectivity index (χ3v) is 2.85. The molecule has 2 heterocycles. The van der Waals surface area contributed by atoms with Crippen LogP contribution in [0.1, 0.15) is 38.5 Å². The molecule has 2 aliphatic heterocycles. The number of hydrogen-bond donors (Lipinski definition) is 0. The second-order valence-corrected chi connectivity index (χ2v) is 3.51. The largest absolute Gasteiger partial charge is 0.140 e. The molecule has 2 saturated heterocycles. The van der Waals surface area contributed by atoms with Crippen LogP contribution in [0.4, 0.5) is 4.48 Å². The van der Waals surface area contributed by atoms with Crippen LogP contribution in [-0.2, 0) is 0 Å². The van der Waals surface area contributed by atoms with Crippen molar-refractivity contribution in [3.8, 4) is 0 Å². The SMILES string of the molecule is FN1C2CCCC1CCC2. The van der Waals surface area contributed by atoms with Gasteiger partial charge in [-0.15, -0.1) is 9.60 Å². The maximum absolute atomic E-state index is 13.1. The highest BCUT2D eigenvalue weighted by atomic mass is 19.2. The fourth-order valence-electron chi connectivity index (χ4n) is 2.26. The minimum absolute atomic E-state index is 0.285. The van der Waals surface area contributed by atoms with Crippen LogP contribution in [0, 0.1) is 0 Å². The van der Waals surface area contributed by atoms with E-state index in [1.54, 1.807) is 0 Å². The molecule has 0 amide bonds. The topological polar surface area (TPSA) is 3.24 Å². The molecule has 2 aliphatic rings. The highest BCUT2D eigenvalue weighted by Gasteiger charge is 2.33. The van der Waals surface area contributed by atoms with Crippen LogP contribution in [0.3, 0.4) is 0 Å². The Morgan fingerprint density at radius 1 is 0.900 bits per heavy atom. The van der Waals surface area contributed by atoms with E-state index in [-0.39, 0.29) is 12.1 Å². The van der Waals surface area contributed by atoms with E-state index in [0.717, 1.165) is 30.8 Å². The summed E-state index contributed by atoms with van der Waals surface area (Å²) in [7, 11) is 0. The van der Waals surface area contributed by atoms with Crippen molar-refractivity contribution in [3.05, 3.63) is 0 Å². The van der Waals surface area contributed by atoms with Crippen molar-refractivity contribution in [2.75, 3.05) is 0 Å². The normalized spacial score (nSPS) is 41.7. The molecule has 0 aromatic carbocycles. The van der Waals surface area contributed by atoms with Gasteiger partial charge in [-0.05, 0) is 25.7 Å². The van der Waals surface area contributed by atoms with Gasteiger partial charge in [-0.25, -0.2) is 0 Å². The van der Waals surface area contributed by atoms with Crippen LogP contribution in [0.2, 0.25) is 0 Å². The lowest BCUT2D eigenvalue weighted by atomic mass is 9.87. The average molecular weight is 143 g/mol. The Morgan fingerprint density at radius 3 is 1.60 bits per heavy atom. The number of rotatable bonds is 0. The van der Waals surface area contributed by atoms with Crippen LogP contribution in [0.5, 0.6) is 0 Å². The van der Waals surface area contributed by atoms with Gasteiger partial charge in [0.05, 0.1) is 0 Å². The number of fused-ring (bicyclic) bond motifs is 2. The molecule has 0 radical (unpaired) electrons. The van der Waals surface area contributed by atoms with Gasteiger partial charge < -0.3 is 0 Å². The van der Waals surface area contributed by atoms with Crippen molar-refractivity contribution in [3.63, 3.8) is 0 Å². The quantitative estimate of drug-likeness (QED) is 0.470. The standard InChI is InChI=1S/C8H14FN/c9-10-7-3-1-4-8(10)6-2-5-7/h7-8H,1-6H2. The van der Waals surface area contributed by atoms with E-state index >= 15 is 0 Å². The van der Waals surface area contributed by atoms with Crippen LogP contribution in [0.15, 0.2) is 0 Å². The number of hydrogen-bond acceptors (Lipinski definition) is 1. The van der Waals surface area contributed by atoms with Crippen LogP contribution < -0.4 is 0 Å². The van der Waals surface area contributed by atoms with Gasteiger partial charge in [0.15, 0.2) is 0 Å². The summed E-state index contributed by atoms with van der Waals surface area (Å²) in [5, 5.41) is 1.12. The molecule has 2 heteroatoms. The highest BCUT2D eigenvalue weighted by Crippen LogP contribution is 2.33. The summed E-state index contributed by atoms with van der Waals surface area (Å²) in [6, 6.07) is 0.569. The van der Waals surface area contributed by atoms with E-state index in [4.69, 9.17) is 0 Å². The summed E-state index contributed by atoms with van der Waals surface area (Å²) < 4.78 is 13.1. The Morgan fingerprint density at radius 2 is 1.30 bits per heavy atom. The zero-order valence-electron chi connectivity index (χ0n) is 6.22. The van der Waals surface area contributed by atoms with Gasteiger partial charge in [0, 0.05) is 12.1 Å². The van der Waals surface area contributed by atoms with E-state index < -0.39 is 0 Å². The second-order valence-electron chi connectivity index (χ2n) is 3.51. The summed E-state index contributed by atoms with van der Waals surface area (Å²) in [4.78, 5) is 0. The molecule has 10 heavy (non-hydrogen) atoms. The van der Waals surface area contributed by atoms with Gasteiger partial charge in [0.1, 0.15) is 0 Å². The number of halogens is 1. The lowest BCUT2D eigenvalue weighted by Gasteiger charge is -2.39. The van der Waals surface area contributed by atoms with Gasteiger partial charge in [0.25, 0.3) is 0 Å². The predicted molar refractivity (Wildman–Crippen MR) is 38.2 cm³/mol. The first-order valence-corrected chi connectivity index (χ1v) is 4.32. The predicted octanol–water partition coefficient (Wildman–Crippen LogP) is 2.28. The number of piperidine rings is 2. The van der Waals surface area contributed by atoms with Crippen molar-refractivity contribution in [1.82, 2.24) is 5.12 Å². The molecule has 1 nitrogen and oxygen atoms in total. The summed E-state index contributed by atoms with van der Waals surface area (Å²) in [5.41, 5.74) is 0. The van der Waals surface area contributed by atoms with Crippen molar-refractivity contribution in [2.45, 2.75) is 50.6 Å². The molecule has 2 fully saturated rings. The zero-order chi connectivity index (χ0) is 6.97.